The molecule has 1 aliphatic carbocycles. The lowest BCUT2D eigenvalue weighted by Crippen LogP contribution is -2.23. The largest absolute Gasteiger partial charge is 0.254 e. The summed E-state index contributed by atoms with van der Waals surface area (Å²) in [5, 5.41) is 0. The molecule has 10 heavy (non-hydrogen) atoms. The first-order valence-corrected chi connectivity index (χ1v) is 3.47. The van der Waals surface area contributed by atoms with Crippen molar-refractivity contribution in [1.82, 2.24) is 0 Å². The molecule has 1 rings (SSSR count). The molecule has 1 fully saturated rings. The van der Waals surface area contributed by atoms with E-state index in [1.807, 2.05) is 0 Å². The Balaban J connectivity index is 2.70. The SMILES string of the molecule is C#CC1(C(F)F)CCCC1. The van der Waals surface area contributed by atoms with Crippen LogP contribution in [0.1, 0.15) is 25.7 Å². The first kappa shape index (κ1) is 7.53. The van der Waals surface area contributed by atoms with Crippen LogP contribution in [-0.4, -0.2) is 6.43 Å². The lowest BCUT2D eigenvalue weighted by atomic mass is 9.88. The summed E-state index contributed by atoms with van der Waals surface area (Å²) < 4.78 is 24.5. The minimum Gasteiger partial charge on any atom is -0.209 e. The number of hydrogen-bond acceptors (Lipinski definition) is 0. The number of halogens is 2. The third-order valence-corrected chi connectivity index (χ3v) is 2.20. The van der Waals surface area contributed by atoms with Crippen molar-refractivity contribution in [3.63, 3.8) is 0 Å². The number of terminal acetylenes is 1. The smallest absolute Gasteiger partial charge is 0.209 e. The second-order valence-electron chi connectivity index (χ2n) is 2.81. The van der Waals surface area contributed by atoms with Gasteiger partial charge in [0.25, 0.3) is 6.43 Å². The van der Waals surface area contributed by atoms with Crippen LogP contribution in [-0.2, 0) is 0 Å². The number of alkyl halides is 2. The monoisotopic (exact) mass is 144 g/mol. The van der Waals surface area contributed by atoms with Gasteiger partial charge >= 0.3 is 0 Å². The van der Waals surface area contributed by atoms with Crippen molar-refractivity contribution in [2.24, 2.45) is 5.41 Å². The van der Waals surface area contributed by atoms with Gasteiger partial charge in [-0.05, 0) is 12.8 Å². The average molecular weight is 144 g/mol. The summed E-state index contributed by atoms with van der Waals surface area (Å²) in [5.41, 5.74) is -1.07. The van der Waals surface area contributed by atoms with Crippen molar-refractivity contribution < 1.29 is 8.78 Å². The molecule has 0 unspecified atom stereocenters. The summed E-state index contributed by atoms with van der Waals surface area (Å²) >= 11 is 0. The average Bonchev–Trinajstić information content (AvgIpc) is 2.35. The first-order chi connectivity index (χ1) is 4.71. The van der Waals surface area contributed by atoms with E-state index in [9.17, 15) is 8.78 Å². The van der Waals surface area contributed by atoms with Gasteiger partial charge in [-0.3, -0.25) is 0 Å². The van der Waals surface area contributed by atoms with E-state index in [-0.39, 0.29) is 0 Å². The van der Waals surface area contributed by atoms with Gasteiger partial charge in [0.2, 0.25) is 0 Å². The molecule has 0 amide bonds. The second-order valence-corrected chi connectivity index (χ2v) is 2.81. The second kappa shape index (κ2) is 2.57. The summed E-state index contributed by atoms with van der Waals surface area (Å²) in [6, 6.07) is 0. The molecule has 0 radical (unpaired) electrons. The summed E-state index contributed by atoms with van der Waals surface area (Å²) in [6.07, 6.45) is 5.42. The van der Waals surface area contributed by atoms with Crippen molar-refractivity contribution in [3.8, 4) is 12.3 Å². The van der Waals surface area contributed by atoms with Crippen LogP contribution in [0.2, 0.25) is 0 Å². The maximum absolute atomic E-state index is 12.3. The Morgan fingerprint density at radius 2 is 1.80 bits per heavy atom. The van der Waals surface area contributed by atoms with Crippen molar-refractivity contribution in [3.05, 3.63) is 0 Å². The van der Waals surface area contributed by atoms with Crippen LogP contribution in [0.5, 0.6) is 0 Å². The van der Waals surface area contributed by atoms with E-state index in [1.54, 1.807) is 0 Å². The molecule has 1 aliphatic rings. The Labute approximate surface area is 59.6 Å². The third kappa shape index (κ3) is 1.01. The molecule has 0 N–H and O–H groups in total. The molecule has 1 saturated carbocycles. The van der Waals surface area contributed by atoms with E-state index in [0.717, 1.165) is 12.8 Å². The zero-order valence-electron chi connectivity index (χ0n) is 5.74. The summed E-state index contributed by atoms with van der Waals surface area (Å²) in [5.74, 6) is 2.23. The van der Waals surface area contributed by atoms with Gasteiger partial charge in [0.1, 0.15) is 0 Å². The molecule has 0 aromatic rings. The minimum atomic E-state index is -2.33. The zero-order valence-corrected chi connectivity index (χ0v) is 5.74. The van der Waals surface area contributed by atoms with Gasteiger partial charge in [-0.1, -0.05) is 18.8 Å². The van der Waals surface area contributed by atoms with Gasteiger partial charge < -0.3 is 0 Å². The zero-order chi connectivity index (χ0) is 7.61. The van der Waals surface area contributed by atoms with Crippen LogP contribution in [0.15, 0.2) is 0 Å². The normalized spacial score (nSPS) is 23.0. The van der Waals surface area contributed by atoms with E-state index in [1.165, 1.54) is 0 Å². The highest BCUT2D eigenvalue weighted by molar-refractivity contribution is 5.09. The fourth-order valence-electron chi connectivity index (χ4n) is 1.43. The van der Waals surface area contributed by atoms with Crippen LogP contribution in [0, 0.1) is 17.8 Å². The highest BCUT2D eigenvalue weighted by Crippen LogP contribution is 2.42. The fraction of sp³-hybridized carbons (Fsp3) is 0.750. The summed E-state index contributed by atoms with van der Waals surface area (Å²) in [7, 11) is 0. The molecule has 0 saturated heterocycles. The predicted molar refractivity (Wildman–Crippen MR) is 35.7 cm³/mol. The van der Waals surface area contributed by atoms with Crippen LogP contribution < -0.4 is 0 Å². The van der Waals surface area contributed by atoms with Crippen LogP contribution in [0.25, 0.3) is 0 Å². The number of rotatable bonds is 1. The standard InChI is InChI=1S/C8H10F2/c1-2-8(7(9)10)5-3-4-6-8/h1,7H,3-6H2. The van der Waals surface area contributed by atoms with Crippen LogP contribution in [0.4, 0.5) is 8.78 Å². The topological polar surface area (TPSA) is 0 Å². The molecule has 0 spiro atoms. The Hall–Kier alpha value is -0.580. The Kier molecular flexibility index (Phi) is 1.94. The van der Waals surface area contributed by atoms with E-state index >= 15 is 0 Å². The van der Waals surface area contributed by atoms with Crippen molar-refractivity contribution in [1.29, 1.82) is 0 Å². The maximum atomic E-state index is 12.3. The molecular formula is C8H10F2. The molecule has 56 valence electrons. The van der Waals surface area contributed by atoms with Crippen LogP contribution in [0.3, 0.4) is 0 Å². The highest BCUT2D eigenvalue weighted by atomic mass is 19.3. The van der Waals surface area contributed by atoms with Gasteiger partial charge in [-0.25, -0.2) is 8.78 Å². The van der Waals surface area contributed by atoms with E-state index in [4.69, 9.17) is 6.42 Å². The van der Waals surface area contributed by atoms with Crippen molar-refractivity contribution in [2.75, 3.05) is 0 Å². The van der Waals surface area contributed by atoms with E-state index in [2.05, 4.69) is 5.92 Å². The fourth-order valence-corrected chi connectivity index (χ4v) is 1.43. The quantitative estimate of drug-likeness (QED) is 0.496. The maximum Gasteiger partial charge on any atom is 0.254 e. The lowest BCUT2D eigenvalue weighted by molar-refractivity contribution is 0.0385. The van der Waals surface area contributed by atoms with Crippen molar-refractivity contribution in [2.45, 2.75) is 32.1 Å². The molecule has 0 atom stereocenters. The highest BCUT2D eigenvalue weighted by Gasteiger charge is 2.40. The molecule has 0 aliphatic heterocycles. The first-order valence-electron chi connectivity index (χ1n) is 3.47. The molecule has 0 aromatic carbocycles. The molecule has 2 heteroatoms. The number of hydrogen-bond donors (Lipinski definition) is 0. The Bertz CT molecular complexity index is 149. The van der Waals surface area contributed by atoms with Gasteiger partial charge in [-0.15, -0.1) is 6.42 Å². The lowest BCUT2D eigenvalue weighted by Gasteiger charge is -2.20. The molecule has 0 aromatic heterocycles. The molecular weight excluding hydrogens is 134 g/mol. The molecule has 0 heterocycles. The Morgan fingerprint density at radius 1 is 1.30 bits per heavy atom. The summed E-state index contributed by atoms with van der Waals surface area (Å²) in [6.45, 7) is 0. The van der Waals surface area contributed by atoms with Gasteiger partial charge in [0.05, 0.1) is 5.41 Å². The third-order valence-electron chi connectivity index (χ3n) is 2.20. The van der Waals surface area contributed by atoms with Crippen LogP contribution >= 0.6 is 0 Å². The molecule has 0 bridgehead atoms. The van der Waals surface area contributed by atoms with Crippen molar-refractivity contribution >= 4 is 0 Å². The van der Waals surface area contributed by atoms with Gasteiger partial charge in [0, 0.05) is 0 Å². The molecule has 0 nitrogen and oxygen atoms in total. The predicted octanol–water partition coefficient (Wildman–Crippen LogP) is 2.45. The Morgan fingerprint density at radius 3 is 2.00 bits per heavy atom. The van der Waals surface area contributed by atoms with Gasteiger partial charge in [-0.2, -0.15) is 0 Å². The van der Waals surface area contributed by atoms with Gasteiger partial charge in [0.15, 0.2) is 0 Å². The minimum absolute atomic E-state index is 0.501. The summed E-state index contributed by atoms with van der Waals surface area (Å²) in [4.78, 5) is 0. The van der Waals surface area contributed by atoms with E-state index < -0.39 is 11.8 Å². The van der Waals surface area contributed by atoms with E-state index in [0.29, 0.717) is 12.8 Å².